The number of ketones is 1. The second-order valence-electron chi connectivity index (χ2n) is 7.34. The molecule has 0 radical (unpaired) electrons. The minimum Gasteiger partial charge on any atom is -0.481 e. The largest absolute Gasteiger partial charge is 0.481 e. The number of carbonyl (C=O) groups is 2. The number of hydrogen-bond acceptors (Lipinski definition) is 2. The van der Waals surface area contributed by atoms with E-state index in [1.165, 1.54) is 0 Å². The van der Waals surface area contributed by atoms with Gasteiger partial charge >= 0.3 is 5.97 Å². The highest BCUT2D eigenvalue weighted by Crippen LogP contribution is 2.75. The first-order valence-corrected chi connectivity index (χ1v) is 7.67. The summed E-state index contributed by atoms with van der Waals surface area (Å²) in [5.74, 6) is 1.42. The molecule has 1 N–H and O–H groups in total. The molecule has 1 fully saturated rings. The molecule has 118 valence electrons. The number of allylic oxidation sites excluding steroid dienone is 4. The first kappa shape index (κ1) is 16.5. The highest BCUT2D eigenvalue weighted by atomic mass is 16.4. The van der Waals surface area contributed by atoms with E-state index >= 15 is 0 Å². The molecule has 0 aromatic carbocycles. The van der Waals surface area contributed by atoms with Crippen molar-refractivity contribution in [2.75, 3.05) is 0 Å². The molecular weight excluding hydrogens is 276 g/mol. The standard InChI is InChI=1S/C19H24O3/c1-7-8-13-12(4)14(10-15(13)20)19(17(21)22)16(9-11(2)3)18(19,5)6/h1,9,14,16H,8,10H2,2-6H3,(H,21,22)/t14?,16-,19+/m0/s1. The minimum atomic E-state index is -0.902. The zero-order valence-corrected chi connectivity index (χ0v) is 14.0. The van der Waals surface area contributed by atoms with Gasteiger partial charge in [-0.15, -0.1) is 12.3 Å². The van der Waals surface area contributed by atoms with Crippen molar-refractivity contribution in [3.05, 3.63) is 22.8 Å². The van der Waals surface area contributed by atoms with E-state index in [9.17, 15) is 14.7 Å². The molecule has 0 aliphatic heterocycles. The highest BCUT2D eigenvalue weighted by molar-refractivity contribution is 6.01. The van der Waals surface area contributed by atoms with Crippen LogP contribution in [0.1, 0.15) is 47.5 Å². The molecular formula is C19H24O3. The van der Waals surface area contributed by atoms with Crippen LogP contribution in [0.2, 0.25) is 0 Å². The van der Waals surface area contributed by atoms with Gasteiger partial charge in [0.25, 0.3) is 0 Å². The van der Waals surface area contributed by atoms with Gasteiger partial charge in [0.15, 0.2) is 5.78 Å². The van der Waals surface area contributed by atoms with E-state index < -0.39 is 11.4 Å². The molecule has 2 rings (SSSR count). The Bertz CT molecular complexity index is 638. The van der Waals surface area contributed by atoms with Crippen molar-refractivity contribution in [2.24, 2.45) is 22.7 Å². The van der Waals surface area contributed by atoms with E-state index in [1.807, 2.05) is 40.7 Å². The molecule has 3 heteroatoms. The Hall–Kier alpha value is -1.82. The summed E-state index contributed by atoms with van der Waals surface area (Å²) in [4.78, 5) is 24.5. The SMILES string of the molecule is C#CCC1=C(C)C([C@]2(C(=O)O)[C@@H](C=C(C)C)C2(C)C)CC1=O. The van der Waals surface area contributed by atoms with Crippen LogP contribution in [0.25, 0.3) is 0 Å². The molecule has 0 amide bonds. The smallest absolute Gasteiger partial charge is 0.311 e. The third kappa shape index (κ3) is 1.97. The maximum atomic E-state index is 12.3. The summed E-state index contributed by atoms with van der Waals surface area (Å²) < 4.78 is 0. The van der Waals surface area contributed by atoms with Crippen molar-refractivity contribution in [3.8, 4) is 12.3 Å². The zero-order chi connectivity index (χ0) is 16.9. The van der Waals surface area contributed by atoms with E-state index in [2.05, 4.69) is 5.92 Å². The number of carbonyl (C=O) groups excluding carboxylic acids is 1. The minimum absolute atomic E-state index is 0.0136. The number of carboxylic acid groups (broad SMARTS) is 1. The molecule has 0 aromatic heterocycles. The van der Waals surface area contributed by atoms with Crippen LogP contribution >= 0.6 is 0 Å². The third-order valence-corrected chi connectivity index (χ3v) is 5.66. The molecule has 0 saturated heterocycles. The average molecular weight is 300 g/mol. The molecule has 3 atom stereocenters. The predicted octanol–water partition coefficient (Wildman–Crippen LogP) is 3.61. The van der Waals surface area contributed by atoms with Crippen molar-refractivity contribution >= 4 is 11.8 Å². The van der Waals surface area contributed by atoms with Crippen LogP contribution in [0.15, 0.2) is 22.8 Å². The van der Waals surface area contributed by atoms with Gasteiger partial charge in [-0.1, -0.05) is 31.1 Å². The number of carboxylic acids is 1. The van der Waals surface area contributed by atoms with Crippen LogP contribution in [0.5, 0.6) is 0 Å². The fourth-order valence-corrected chi connectivity index (χ4v) is 4.47. The van der Waals surface area contributed by atoms with Gasteiger partial charge in [-0.25, -0.2) is 0 Å². The second kappa shape index (κ2) is 5.12. The number of rotatable bonds is 4. The van der Waals surface area contributed by atoms with Crippen molar-refractivity contribution in [3.63, 3.8) is 0 Å². The number of aliphatic carboxylic acids is 1. The molecule has 0 spiro atoms. The van der Waals surface area contributed by atoms with E-state index in [1.54, 1.807) is 0 Å². The Morgan fingerprint density at radius 2 is 2.05 bits per heavy atom. The maximum absolute atomic E-state index is 12.3. The van der Waals surface area contributed by atoms with Crippen LogP contribution in [0.3, 0.4) is 0 Å². The lowest BCUT2D eigenvalue weighted by atomic mass is 9.78. The average Bonchev–Trinajstić information content (AvgIpc) is 2.73. The van der Waals surface area contributed by atoms with Crippen molar-refractivity contribution < 1.29 is 14.7 Å². The van der Waals surface area contributed by atoms with Crippen molar-refractivity contribution in [2.45, 2.75) is 47.5 Å². The van der Waals surface area contributed by atoms with Gasteiger partial charge in [0.1, 0.15) is 0 Å². The molecule has 2 aliphatic carbocycles. The van der Waals surface area contributed by atoms with E-state index in [4.69, 9.17) is 6.42 Å². The maximum Gasteiger partial charge on any atom is 0.311 e. The van der Waals surface area contributed by atoms with Crippen LogP contribution in [0, 0.1) is 35.0 Å². The van der Waals surface area contributed by atoms with Crippen LogP contribution in [-0.4, -0.2) is 16.9 Å². The second-order valence-corrected chi connectivity index (χ2v) is 7.34. The van der Waals surface area contributed by atoms with Crippen LogP contribution in [0.4, 0.5) is 0 Å². The van der Waals surface area contributed by atoms with Crippen molar-refractivity contribution in [1.82, 2.24) is 0 Å². The summed E-state index contributed by atoms with van der Waals surface area (Å²) in [6.45, 7) is 9.81. The number of Topliss-reactive ketones (excluding diaryl/α,β-unsaturated/α-hetero) is 1. The van der Waals surface area contributed by atoms with E-state index in [0.717, 1.165) is 11.1 Å². The Balaban J connectivity index is 2.53. The molecule has 2 aliphatic rings. The lowest BCUT2D eigenvalue weighted by Crippen LogP contribution is -2.31. The molecule has 0 bridgehead atoms. The van der Waals surface area contributed by atoms with Gasteiger partial charge in [-0.05, 0) is 26.2 Å². The fraction of sp³-hybridized carbons (Fsp3) is 0.579. The molecule has 0 heterocycles. The molecule has 1 saturated carbocycles. The summed E-state index contributed by atoms with van der Waals surface area (Å²) >= 11 is 0. The first-order valence-electron chi connectivity index (χ1n) is 7.67. The van der Waals surface area contributed by atoms with Gasteiger partial charge < -0.3 is 5.11 Å². The Kier molecular flexibility index (Phi) is 3.85. The van der Waals surface area contributed by atoms with Gasteiger partial charge in [0.05, 0.1) is 5.41 Å². The molecule has 22 heavy (non-hydrogen) atoms. The summed E-state index contributed by atoms with van der Waals surface area (Å²) in [7, 11) is 0. The lowest BCUT2D eigenvalue weighted by Gasteiger charge is -2.24. The monoisotopic (exact) mass is 300 g/mol. The third-order valence-electron chi connectivity index (χ3n) is 5.66. The molecule has 3 nitrogen and oxygen atoms in total. The normalized spacial score (nSPS) is 32.6. The van der Waals surface area contributed by atoms with E-state index in [-0.39, 0.29) is 29.5 Å². The summed E-state index contributed by atoms with van der Waals surface area (Å²) in [5.41, 5.74) is 1.36. The van der Waals surface area contributed by atoms with Crippen LogP contribution < -0.4 is 0 Å². The number of hydrogen-bond donors (Lipinski definition) is 1. The Labute approximate surface area is 132 Å². The van der Waals surface area contributed by atoms with Gasteiger partial charge in [-0.2, -0.15) is 0 Å². The molecule has 0 aromatic rings. The van der Waals surface area contributed by atoms with Gasteiger partial charge in [0, 0.05) is 30.3 Å². The topological polar surface area (TPSA) is 54.4 Å². The van der Waals surface area contributed by atoms with Crippen LogP contribution in [-0.2, 0) is 9.59 Å². The lowest BCUT2D eigenvalue weighted by molar-refractivity contribution is -0.147. The van der Waals surface area contributed by atoms with Crippen molar-refractivity contribution in [1.29, 1.82) is 0 Å². The molecule has 1 unspecified atom stereocenters. The van der Waals surface area contributed by atoms with Gasteiger partial charge in [0.2, 0.25) is 0 Å². The number of terminal acetylenes is 1. The van der Waals surface area contributed by atoms with E-state index in [0.29, 0.717) is 12.0 Å². The zero-order valence-electron chi connectivity index (χ0n) is 14.0. The Morgan fingerprint density at radius 3 is 2.50 bits per heavy atom. The quantitative estimate of drug-likeness (QED) is 0.637. The highest BCUT2D eigenvalue weighted by Gasteiger charge is 2.78. The Morgan fingerprint density at radius 1 is 1.45 bits per heavy atom. The summed E-state index contributed by atoms with van der Waals surface area (Å²) in [6, 6.07) is 0. The predicted molar refractivity (Wildman–Crippen MR) is 86.0 cm³/mol. The first-order chi connectivity index (χ1) is 10.1. The van der Waals surface area contributed by atoms with Gasteiger partial charge in [-0.3, -0.25) is 9.59 Å². The summed E-state index contributed by atoms with van der Waals surface area (Å²) in [5, 5.41) is 10.00. The fourth-order valence-electron chi connectivity index (χ4n) is 4.47. The summed E-state index contributed by atoms with van der Waals surface area (Å²) in [6.07, 6.45) is 7.96.